The largest absolute Gasteiger partial charge is 0.494 e. The molecule has 1 aromatic carbocycles. The van der Waals surface area contributed by atoms with Crippen LogP contribution < -0.4 is 4.74 Å². The molecule has 4 heteroatoms. The summed E-state index contributed by atoms with van der Waals surface area (Å²) >= 11 is 0. The van der Waals surface area contributed by atoms with Crippen LogP contribution in [0.5, 0.6) is 5.75 Å². The molecule has 1 atom stereocenters. The van der Waals surface area contributed by atoms with E-state index in [-0.39, 0.29) is 5.91 Å². The van der Waals surface area contributed by atoms with Crippen molar-refractivity contribution < 1.29 is 9.53 Å². The lowest BCUT2D eigenvalue weighted by molar-refractivity contribution is -0.133. The lowest BCUT2D eigenvalue weighted by atomic mass is 10.0. The smallest absolute Gasteiger partial charge is 0.239 e. The second kappa shape index (κ2) is 9.02. The minimum atomic E-state index is -0.564. The van der Waals surface area contributed by atoms with Gasteiger partial charge in [0.05, 0.1) is 12.7 Å². The molecular formula is C17H24N2O2. The summed E-state index contributed by atoms with van der Waals surface area (Å²) in [4.78, 5) is 13.8. The lowest BCUT2D eigenvalue weighted by Gasteiger charge is -2.21. The highest BCUT2D eigenvalue weighted by atomic mass is 16.5. The van der Waals surface area contributed by atoms with Crippen molar-refractivity contribution in [1.29, 1.82) is 5.26 Å². The number of ether oxygens (including phenoxy) is 1. The molecule has 4 nitrogen and oxygen atoms in total. The van der Waals surface area contributed by atoms with Gasteiger partial charge in [-0.3, -0.25) is 4.79 Å². The van der Waals surface area contributed by atoms with Crippen molar-refractivity contribution in [1.82, 2.24) is 4.90 Å². The molecule has 1 amide bonds. The van der Waals surface area contributed by atoms with Crippen LogP contribution in [0.3, 0.4) is 0 Å². The zero-order valence-electron chi connectivity index (χ0n) is 13.1. The normalized spacial score (nSPS) is 11.5. The summed E-state index contributed by atoms with van der Waals surface area (Å²) in [5.41, 5.74) is 1.15. The second-order valence-corrected chi connectivity index (χ2v) is 5.00. The topological polar surface area (TPSA) is 53.3 Å². The third-order valence-corrected chi connectivity index (χ3v) is 3.42. The maximum absolute atomic E-state index is 12.1. The van der Waals surface area contributed by atoms with Crippen LogP contribution in [0.15, 0.2) is 24.3 Å². The maximum Gasteiger partial charge on any atom is 0.239 e. The Labute approximate surface area is 127 Å². The van der Waals surface area contributed by atoms with E-state index >= 15 is 0 Å². The molecule has 0 heterocycles. The van der Waals surface area contributed by atoms with Gasteiger partial charge in [-0.1, -0.05) is 12.1 Å². The van der Waals surface area contributed by atoms with Gasteiger partial charge in [-0.05, 0) is 51.3 Å². The number of nitrogens with zero attached hydrogens (tertiary/aromatic N) is 2. The molecule has 0 fully saturated rings. The molecular weight excluding hydrogens is 264 g/mol. The zero-order chi connectivity index (χ0) is 15.7. The summed E-state index contributed by atoms with van der Waals surface area (Å²) in [6.45, 7) is 7.68. The van der Waals surface area contributed by atoms with Crippen LogP contribution in [-0.2, 0) is 4.79 Å². The Hall–Kier alpha value is -2.02. The SMILES string of the molecule is CCN(CC)C(=O)C(C#N)CCCOc1cccc(C)c1. The van der Waals surface area contributed by atoms with Gasteiger partial charge in [0.15, 0.2) is 0 Å². The molecule has 0 aliphatic carbocycles. The fraction of sp³-hybridized carbons (Fsp3) is 0.529. The number of nitriles is 1. The Morgan fingerprint density at radius 1 is 1.38 bits per heavy atom. The Morgan fingerprint density at radius 3 is 2.67 bits per heavy atom. The van der Waals surface area contributed by atoms with Gasteiger partial charge in [0.25, 0.3) is 0 Å². The summed E-state index contributed by atoms with van der Waals surface area (Å²) < 4.78 is 5.64. The Balaban J connectivity index is 2.39. The average molecular weight is 288 g/mol. The molecule has 0 bridgehead atoms. The lowest BCUT2D eigenvalue weighted by Crippen LogP contribution is -2.35. The van der Waals surface area contributed by atoms with Crippen LogP contribution in [0.1, 0.15) is 32.3 Å². The first-order valence-electron chi connectivity index (χ1n) is 7.50. The number of amides is 1. The highest BCUT2D eigenvalue weighted by Gasteiger charge is 2.21. The molecule has 0 aromatic heterocycles. The average Bonchev–Trinajstić information content (AvgIpc) is 2.48. The van der Waals surface area contributed by atoms with Gasteiger partial charge in [-0.25, -0.2) is 0 Å². The van der Waals surface area contributed by atoms with E-state index in [1.54, 1.807) is 4.90 Å². The van der Waals surface area contributed by atoms with Gasteiger partial charge < -0.3 is 9.64 Å². The van der Waals surface area contributed by atoms with Crippen LogP contribution in [0, 0.1) is 24.2 Å². The number of benzene rings is 1. The number of carbonyl (C=O) groups excluding carboxylic acids is 1. The van der Waals surface area contributed by atoms with Gasteiger partial charge in [0.2, 0.25) is 5.91 Å². The molecule has 0 saturated carbocycles. The second-order valence-electron chi connectivity index (χ2n) is 5.00. The number of aryl methyl sites for hydroxylation is 1. The van der Waals surface area contributed by atoms with Crippen LogP contribution in [0.4, 0.5) is 0 Å². The van der Waals surface area contributed by atoms with Crippen molar-refractivity contribution in [3.63, 3.8) is 0 Å². The Kier molecular flexibility index (Phi) is 7.31. The minimum absolute atomic E-state index is 0.0712. The third-order valence-electron chi connectivity index (χ3n) is 3.42. The van der Waals surface area contributed by atoms with E-state index in [9.17, 15) is 4.79 Å². The molecule has 0 N–H and O–H groups in total. The van der Waals surface area contributed by atoms with Crippen molar-refractivity contribution in [2.75, 3.05) is 19.7 Å². The molecule has 1 aromatic rings. The van der Waals surface area contributed by atoms with Crippen molar-refractivity contribution in [2.45, 2.75) is 33.6 Å². The van der Waals surface area contributed by atoms with Crippen LogP contribution in [-0.4, -0.2) is 30.5 Å². The summed E-state index contributed by atoms with van der Waals surface area (Å²) in [6.07, 6.45) is 1.23. The standard InChI is InChI=1S/C17H24N2O2/c1-4-19(5-2)17(20)15(13-18)9-7-11-21-16-10-6-8-14(3)12-16/h6,8,10,12,15H,4-5,7,9,11H2,1-3H3. The highest BCUT2D eigenvalue weighted by Crippen LogP contribution is 2.14. The Bertz CT molecular complexity index is 490. The summed E-state index contributed by atoms with van der Waals surface area (Å²) in [5, 5.41) is 9.15. The molecule has 1 unspecified atom stereocenters. The summed E-state index contributed by atoms with van der Waals surface area (Å²) in [7, 11) is 0. The van der Waals surface area contributed by atoms with Gasteiger partial charge in [0, 0.05) is 13.1 Å². The van der Waals surface area contributed by atoms with E-state index in [2.05, 4.69) is 6.07 Å². The quantitative estimate of drug-likeness (QED) is 0.690. The van der Waals surface area contributed by atoms with Crippen molar-refractivity contribution in [2.24, 2.45) is 5.92 Å². The fourth-order valence-corrected chi connectivity index (χ4v) is 2.18. The van der Waals surface area contributed by atoms with E-state index in [4.69, 9.17) is 10.00 Å². The molecule has 21 heavy (non-hydrogen) atoms. The summed E-state index contributed by atoms with van der Waals surface area (Å²) in [5.74, 6) is 0.197. The first-order chi connectivity index (χ1) is 10.1. The van der Waals surface area contributed by atoms with E-state index in [1.165, 1.54) is 0 Å². The molecule has 1 rings (SSSR count). The first-order valence-corrected chi connectivity index (χ1v) is 7.50. The molecule has 114 valence electrons. The van der Waals surface area contributed by atoms with Crippen molar-refractivity contribution in [3.8, 4) is 11.8 Å². The fourth-order valence-electron chi connectivity index (χ4n) is 2.18. The first kappa shape index (κ1) is 17.0. The zero-order valence-corrected chi connectivity index (χ0v) is 13.1. The van der Waals surface area contributed by atoms with Crippen molar-refractivity contribution in [3.05, 3.63) is 29.8 Å². The van der Waals surface area contributed by atoms with E-state index in [1.807, 2.05) is 45.0 Å². The van der Waals surface area contributed by atoms with E-state index in [0.29, 0.717) is 32.5 Å². The number of hydrogen-bond acceptors (Lipinski definition) is 3. The van der Waals surface area contributed by atoms with Crippen LogP contribution in [0.25, 0.3) is 0 Å². The van der Waals surface area contributed by atoms with Crippen LogP contribution in [0.2, 0.25) is 0 Å². The monoisotopic (exact) mass is 288 g/mol. The third kappa shape index (κ3) is 5.47. The number of carbonyl (C=O) groups is 1. The molecule has 0 aliphatic rings. The number of rotatable bonds is 8. The van der Waals surface area contributed by atoms with Gasteiger partial charge in [0.1, 0.15) is 11.7 Å². The summed E-state index contributed by atoms with van der Waals surface area (Å²) in [6, 6.07) is 9.97. The molecule has 0 spiro atoms. The predicted octanol–water partition coefficient (Wildman–Crippen LogP) is 3.16. The van der Waals surface area contributed by atoms with Gasteiger partial charge >= 0.3 is 0 Å². The predicted molar refractivity (Wildman–Crippen MR) is 82.9 cm³/mol. The maximum atomic E-state index is 12.1. The highest BCUT2D eigenvalue weighted by molar-refractivity contribution is 5.81. The minimum Gasteiger partial charge on any atom is -0.494 e. The van der Waals surface area contributed by atoms with Crippen LogP contribution >= 0.6 is 0 Å². The van der Waals surface area contributed by atoms with Gasteiger partial charge in [-0.15, -0.1) is 0 Å². The molecule has 0 aliphatic heterocycles. The van der Waals surface area contributed by atoms with E-state index < -0.39 is 5.92 Å². The van der Waals surface area contributed by atoms with Crippen molar-refractivity contribution >= 4 is 5.91 Å². The Morgan fingerprint density at radius 2 is 2.10 bits per heavy atom. The molecule has 0 saturated heterocycles. The molecule has 0 radical (unpaired) electrons. The van der Waals surface area contributed by atoms with E-state index in [0.717, 1.165) is 11.3 Å². The number of hydrogen-bond donors (Lipinski definition) is 0. The van der Waals surface area contributed by atoms with Gasteiger partial charge in [-0.2, -0.15) is 5.26 Å².